The van der Waals surface area contributed by atoms with Gasteiger partial charge in [0.25, 0.3) is 0 Å². The molecular weight excluding hydrogens is 733 g/mol. The molecule has 0 saturated carbocycles. The molecule has 0 N–H and O–H groups in total. The van der Waals surface area contributed by atoms with Crippen LogP contribution in [-0.4, -0.2) is 37.2 Å². The number of hydrogen-bond acceptors (Lipinski definition) is 6. The highest BCUT2D eigenvalue weighted by Gasteiger charge is 2.19. The van der Waals surface area contributed by atoms with E-state index in [9.17, 15) is 14.4 Å². The number of unbranched alkanes of at least 4 members (excludes halogenated alkanes) is 29. The van der Waals surface area contributed by atoms with Gasteiger partial charge < -0.3 is 14.2 Å². The predicted octanol–water partition coefficient (Wildman–Crippen LogP) is 16.5. The zero-order valence-electron chi connectivity index (χ0n) is 39.3. The van der Waals surface area contributed by atoms with E-state index < -0.39 is 6.10 Å². The van der Waals surface area contributed by atoms with Crippen molar-refractivity contribution in [3.63, 3.8) is 0 Å². The fourth-order valence-corrected chi connectivity index (χ4v) is 7.18. The van der Waals surface area contributed by atoms with Crippen LogP contribution in [0, 0.1) is 0 Å². The number of carbonyl (C=O) groups excluding carboxylic acids is 3. The van der Waals surface area contributed by atoms with Gasteiger partial charge in [0.2, 0.25) is 0 Å². The molecule has 0 aromatic heterocycles. The van der Waals surface area contributed by atoms with Crippen molar-refractivity contribution in [1.29, 1.82) is 0 Å². The van der Waals surface area contributed by atoms with E-state index in [2.05, 4.69) is 57.2 Å². The smallest absolute Gasteiger partial charge is 0.306 e. The summed E-state index contributed by atoms with van der Waals surface area (Å²) in [6.07, 6.45) is 55.5. The molecule has 59 heavy (non-hydrogen) atoms. The molecule has 6 heteroatoms. The fourth-order valence-electron chi connectivity index (χ4n) is 7.18. The molecule has 1 atom stereocenters. The van der Waals surface area contributed by atoms with E-state index in [0.717, 1.165) is 77.0 Å². The van der Waals surface area contributed by atoms with Crippen molar-refractivity contribution < 1.29 is 28.6 Å². The first-order valence-electron chi connectivity index (χ1n) is 25.5. The van der Waals surface area contributed by atoms with Crippen LogP contribution in [0.25, 0.3) is 0 Å². The molecule has 0 heterocycles. The molecular formula is C53H96O6. The Morgan fingerprint density at radius 1 is 0.322 bits per heavy atom. The average molecular weight is 829 g/mol. The molecule has 0 amide bonds. The van der Waals surface area contributed by atoms with Gasteiger partial charge in [-0.05, 0) is 89.9 Å². The monoisotopic (exact) mass is 829 g/mol. The highest BCUT2D eigenvalue weighted by molar-refractivity contribution is 5.71. The van der Waals surface area contributed by atoms with E-state index in [-0.39, 0.29) is 31.1 Å². The molecule has 0 radical (unpaired) electrons. The molecule has 344 valence electrons. The molecule has 0 aliphatic carbocycles. The van der Waals surface area contributed by atoms with E-state index in [1.807, 2.05) is 0 Å². The summed E-state index contributed by atoms with van der Waals surface area (Å²) >= 11 is 0. The predicted molar refractivity (Wildman–Crippen MR) is 252 cm³/mol. The van der Waals surface area contributed by atoms with E-state index in [1.165, 1.54) is 148 Å². The molecule has 0 rings (SSSR count). The first-order valence-corrected chi connectivity index (χ1v) is 25.5. The summed E-state index contributed by atoms with van der Waals surface area (Å²) in [6, 6.07) is 0. The first kappa shape index (κ1) is 56.6. The van der Waals surface area contributed by atoms with Gasteiger partial charge >= 0.3 is 17.9 Å². The highest BCUT2D eigenvalue weighted by atomic mass is 16.6. The van der Waals surface area contributed by atoms with Crippen molar-refractivity contribution >= 4 is 17.9 Å². The van der Waals surface area contributed by atoms with Gasteiger partial charge in [0, 0.05) is 19.3 Å². The molecule has 0 bridgehead atoms. The number of allylic oxidation sites excluding steroid dienone is 6. The van der Waals surface area contributed by atoms with Crippen LogP contribution >= 0.6 is 0 Å². The zero-order valence-corrected chi connectivity index (χ0v) is 39.3. The maximum atomic E-state index is 12.8. The number of rotatable bonds is 46. The Kier molecular flexibility index (Phi) is 46.4. The van der Waals surface area contributed by atoms with Crippen molar-refractivity contribution in [2.45, 2.75) is 271 Å². The van der Waals surface area contributed by atoms with Crippen LogP contribution in [0.4, 0.5) is 0 Å². The van der Waals surface area contributed by atoms with Crippen LogP contribution < -0.4 is 0 Å². The topological polar surface area (TPSA) is 78.9 Å². The van der Waals surface area contributed by atoms with E-state index in [0.29, 0.717) is 19.3 Å². The first-order chi connectivity index (χ1) is 29.0. The molecule has 0 unspecified atom stereocenters. The molecule has 0 saturated heterocycles. The summed E-state index contributed by atoms with van der Waals surface area (Å²) in [5.74, 6) is -0.895. The summed E-state index contributed by atoms with van der Waals surface area (Å²) in [7, 11) is 0. The Hall–Kier alpha value is -2.37. The Morgan fingerprint density at radius 2 is 0.576 bits per heavy atom. The second-order valence-electron chi connectivity index (χ2n) is 17.1. The summed E-state index contributed by atoms with van der Waals surface area (Å²) in [4.78, 5) is 37.9. The Labute approximate surface area is 365 Å². The minimum absolute atomic E-state index is 0.0791. The lowest BCUT2D eigenvalue weighted by Gasteiger charge is -2.18. The van der Waals surface area contributed by atoms with Crippen molar-refractivity contribution in [3.05, 3.63) is 36.5 Å². The van der Waals surface area contributed by atoms with E-state index in [4.69, 9.17) is 14.2 Å². The lowest BCUT2D eigenvalue weighted by atomic mass is 10.1. The minimum atomic E-state index is -0.778. The maximum absolute atomic E-state index is 12.8. The summed E-state index contributed by atoms with van der Waals surface area (Å²) in [5, 5.41) is 0. The minimum Gasteiger partial charge on any atom is -0.462 e. The van der Waals surface area contributed by atoms with Crippen molar-refractivity contribution in [2.24, 2.45) is 0 Å². The molecule has 0 aromatic carbocycles. The number of carbonyl (C=O) groups is 3. The van der Waals surface area contributed by atoms with Crippen LogP contribution in [0.1, 0.15) is 265 Å². The largest absolute Gasteiger partial charge is 0.462 e. The lowest BCUT2D eigenvalue weighted by Crippen LogP contribution is -2.30. The molecule has 0 spiro atoms. The molecule has 0 aromatic rings. The van der Waals surface area contributed by atoms with Crippen LogP contribution in [-0.2, 0) is 28.6 Å². The van der Waals surface area contributed by atoms with E-state index >= 15 is 0 Å². The lowest BCUT2D eigenvalue weighted by molar-refractivity contribution is -0.167. The van der Waals surface area contributed by atoms with Gasteiger partial charge in [-0.1, -0.05) is 192 Å². The summed E-state index contributed by atoms with van der Waals surface area (Å²) in [6.45, 7) is 6.57. The van der Waals surface area contributed by atoms with Gasteiger partial charge in [0.05, 0.1) is 0 Å². The number of hydrogen-bond donors (Lipinski definition) is 0. The normalized spacial score (nSPS) is 12.3. The number of esters is 3. The van der Waals surface area contributed by atoms with Crippen molar-refractivity contribution in [3.8, 4) is 0 Å². The van der Waals surface area contributed by atoms with Crippen LogP contribution in [0.3, 0.4) is 0 Å². The van der Waals surface area contributed by atoms with Gasteiger partial charge in [0.15, 0.2) is 6.10 Å². The molecule has 0 aliphatic heterocycles. The van der Waals surface area contributed by atoms with E-state index in [1.54, 1.807) is 0 Å². The van der Waals surface area contributed by atoms with Gasteiger partial charge in [-0.3, -0.25) is 14.4 Å². The zero-order chi connectivity index (χ0) is 43.0. The standard InChI is InChI=1S/C53H96O6/c1-4-7-10-13-16-19-22-24-25-26-27-29-31-34-37-40-43-46-52(55)58-49-50(48-57-51(54)45-42-39-36-33-30-21-18-15-12-9-6-3)59-53(56)47-44-41-38-35-32-28-23-20-17-14-11-8-5-2/h15,18,20,23-25,50H,4-14,16-17,19,21-22,26-49H2,1-3H3/b18-15-,23-20-,25-24-/t50-/m1/s1. The maximum Gasteiger partial charge on any atom is 0.306 e. The summed E-state index contributed by atoms with van der Waals surface area (Å²) in [5.41, 5.74) is 0. The Bertz CT molecular complexity index is 1000. The van der Waals surface area contributed by atoms with Crippen molar-refractivity contribution in [1.82, 2.24) is 0 Å². The molecule has 0 aliphatic rings. The third-order valence-corrected chi connectivity index (χ3v) is 11.1. The van der Waals surface area contributed by atoms with Crippen LogP contribution in [0.15, 0.2) is 36.5 Å². The van der Waals surface area contributed by atoms with Gasteiger partial charge in [-0.2, -0.15) is 0 Å². The fraction of sp³-hybridized carbons (Fsp3) is 0.830. The van der Waals surface area contributed by atoms with Crippen LogP contribution in [0.2, 0.25) is 0 Å². The Balaban J connectivity index is 4.35. The molecule has 0 fully saturated rings. The second kappa shape index (κ2) is 48.3. The quantitative estimate of drug-likeness (QED) is 0.0263. The third-order valence-electron chi connectivity index (χ3n) is 11.1. The van der Waals surface area contributed by atoms with Crippen LogP contribution in [0.5, 0.6) is 0 Å². The average Bonchev–Trinajstić information content (AvgIpc) is 3.23. The van der Waals surface area contributed by atoms with Gasteiger partial charge in [0.1, 0.15) is 13.2 Å². The summed E-state index contributed by atoms with van der Waals surface area (Å²) < 4.78 is 16.8. The molecule has 6 nitrogen and oxygen atoms in total. The number of ether oxygens (including phenoxy) is 3. The van der Waals surface area contributed by atoms with Gasteiger partial charge in [-0.25, -0.2) is 0 Å². The van der Waals surface area contributed by atoms with Crippen molar-refractivity contribution in [2.75, 3.05) is 13.2 Å². The Morgan fingerprint density at radius 3 is 0.915 bits per heavy atom. The SMILES string of the molecule is CCCC/C=C\CCCCCCCC(=O)OC[C@H](COC(=O)CCCCCCCCC/C=C\CCCCCCCC)OC(=O)CCCCCCC/C=C\CCCCCC. The van der Waals surface area contributed by atoms with Gasteiger partial charge in [-0.15, -0.1) is 0 Å². The second-order valence-corrected chi connectivity index (χ2v) is 17.1. The highest BCUT2D eigenvalue weighted by Crippen LogP contribution is 2.14. The third kappa shape index (κ3) is 46.5.